The molecule has 0 amide bonds. The first kappa shape index (κ1) is 8.88. The van der Waals surface area contributed by atoms with Crippen molar-refractivity contribution in [2.24, 2.45) is 0 Å². The second-order valence-electron chi connectivity index (χ2n) is 3.15. The van der Waals surface area contributed by atoms with Crippen LogP contribution in [0.15, 0.2) is 42.6 Å². The van der Waals surface area contributed by atoms with Gasteiger partial charge in [0, 0.05) is 17.5 Å². The lowest BCUT2D eigenvalue weighted by molar-refractivity contribution is 0.628. The second-order valence-corrected chi connectivity index (χ2v) is 3.15. The van der Waals surface area contributed by atoms with Gasteiger partial charge in [-0.15, -0.1) is 0 Å². The molecule has 1 aromatic heterocycles. The minimum Gasteiger partial charge on any atom is -0.261 e. The molecule has 0 aliphatic rings. The molecule has 0 atom stereocenters. The molecule has 0 aliphatic carbocycles. The monoisotopic (exact) mass is 187 g/mol. The van der Waals surface area contributed by atoms with Crippen LogP contribution in [-0.2, 0) is 0 Å². The van der Waals surface area contributed by atoms with Crippen molar-refractivity contribution in [1.82, 2.24) is 4.98 Å². The molecule has 2 heteroatoms. The van der Waals surface area contributed by atoms with Crippen LogP contribution in [-0.4, -0.2) is 4.98 Å². The third-order valence-electron chi connectivity index (χ3n) is 2.14. The van der Waals surface area contributed by atoms with Crippen LogP contribution >= 0.6 is 0 Å². The Bertz CT molecular complexity index is 452. The fraction of sp³-hybridized carbons (Fsp3) is 0.0833. The Morgan fingerprint density at radius 3 is 2.71 bits per heavy atom. The molecule has 70 valence electrons. The van der Waals surface area contributed by atoms with Gasteiger partial charge in [-0.2, -0.15) is 0 Å². The van der Waals surface area contributed by atoms with E-state index in [1.54, 1.807) is 12.3 Å². The van der Waals surface area contributed by atoms with Gasteiger partial charge in [-0.05, 0) is 30.7 Å². The van der Waals surface area contributed by atoms with Crippen LogP contribution in [0.2, 0.25) is 0 Å². The van der Waals surface area contributed by atoms with Crippen LogP contribution in [0.1, 0.15) is 5.69 Å². The van der Waals surface area contributed by atoms with Crippen molar-refractivity contribution >= 4 is 0 Å². The third-order valence-corrected chi connectivity index (χ3v) is 2.14. The highest BCUT2D eigenvalue weighted by Crippen LogP contribution is 2.21. The van der Waals surface area contributed by atoms with E-state index >= 15 is 0 Å². The SMILES string of the molecule is Cc1ncccc1-c1cccc(F)c1. The predicted octanol–water partition coefficient (Wildman–Crippen LogP) is 3.20. The number of hydrogen-bond donors (Lipinski definition) is 0. The van der Waals surface area contributed by atoms with Gasteiger partial charge in [-0.25, -0.2) is 4.39 Å². The van der Waals surface area contributed by atoms with E-state index in [1.807, 2.05) is 25.1 Å². The lowest BCUT2D eigenvalue weighted by Crippen LogP contribution is -1.86. The van der Waals surface area contributed by atoms with Gasteiger partial charge in [0.25, 0.3) is 0 Å². The zero-order valence-corrected chi connectivity index (χ0v) is 7.87. The average Bonchev–Trinajstić information content (AvgIpc) is 2.18. The molecule has 2 aromatic rings. The highest BCUT2D eigenvalue weighted by Gasteiger charge is 2.01. The molecule has 0 unspecified atom stereocenters. The molecule has 0 spiro atoms. The quantitative estimate of drug-likeness (QED) is 0.668. The molecule has 0 bridgehead atoms. The number of benzene rings is 1. The largest absolute Gasteiger partial charge is 0.261 e. The fourth-order valence-corrected chi connectivity index (χ4v) is 1.45. The Morgan fingerprint density at radius 2 is 2.00 bits per heavy atom. The summed E-state index contributed by atoms with van der Waals surface area (Å²) in [7, 11) is 0. The summed E-state index contributed by atoms with van der Waals surface area (Å²) in [5, 5.41) is 0. The Balaban J connectivity index is 2.55. The zero-order valence-electron chi connectivity index (χ0n) is 7.87. The molecule has 0 saturated carbocycles. The van der Waals surface area contributed by atoms with E-state index in [2.05, 4.69) is 4.98 Å². The van der Waals surface area contributed by atoms with Crippen LogP contribution in [0.5, 0.6) is 0 Å². The van der Waals surface area contributed by atoms with Crippen LogP contribution in [0, 0.1) is 12.7 Å². The van der Waals surface area contributed by atoms with Crippen molar-refractivity contribution < 1.29 is 4.39 Å². The third kappa shape index (κ3) is 1.64. The van der Waals surface area contributed by atoms with Crippen molar-refractivity contribution in [3.63, 3.8) is 0 Å². The summed E-state index contributed by atoms with van der Waals surface area (Å²) in [6, 6.07) is 10.3. The van der Waals surface area contributed by atoms with E-state index in [-0.39, 0.29) is 5.82 Å². The molecular weight excluding hydrogens is 177 g/mol. The molecular formula is C12H10FN. The summed E-state index contributed by atoms with van der Waals surface area (Å²) in [4.78, 5) is 4.16. The first-order valence-corrected chi connectivity index (χ1v) is 4.45. The molecule has 0 saturated heterocycles. The maximum Gasteiger partial charge on any atom is 0.123 e. The first-order chi connectivity index (χ1) is 6.77. The normalized spacial score (nSPS) is 10.1. The van der Waals surface area contributed by atoms with Crippen molar-refractivity contribution in [3.8, 4) is 11.1 Å². The molecule has 1 nitrogen and oxygen atoms in total. The van der Waals surface area contributed by atoms with Crippen molar-refractivity contribution in [3.05, 3.63) is 54.1 Å². The smallest absolute Gasteiger partial charge is 0.123 e. The van der Waals surface area contributed by atoms with Gasteiger partial charge in [0.2, 0.25) is 0 Å². The molecule has 0 fully saturated rings. The van der Waals surface area contributed by atoms with Gasteiger partial charge < -0.3 is 0 Å². The van der Waals surface area contributed by atoms with Crippen molar-refractivity contribution in [2.75, 3.05) is 0 Å². The van der Waals surface area contributed by atoms with Crippen LogP contribution in [0.25, 0.3) is 11.1 Å². The minimum absolute atomic E-state index is 0.217. The number of pyridine rings is 1. The zero-order chi connectivity index (χ0) is 9.97. The second kappa shape index (κ2) is 3.58. The molecule has 2 rings (SSSR count). The van der Waals surface area contributed by atoms with Gasteiger partial charge in [0.05, 0.1) is 0 Å². The topological polar surface area (TPSA) is 12.9 Å². The van der Waals surface area contributed by atoms with Gasteiger partial charge in [-0.3, -0.25) is 4.98 Å². The molecule has 1 aromatic carbocycles. The van der Waals surface area contributed by atoms with E-state index in [9.17, 15) is 4.39 Å². The summed E-state index contributed by atoms with van der Waals surface area (Å²) in [5.74, 6) is -0.217. The van der Waals surface area contributed by atoms with E-state index in [0.29, 0.717) is 0 Å². The van der Waals surface area contributed by atoms with Gasteiger partial charge in [0.15, 0.2) is 0 Å². The van der Waals surface area contributed by atoms with Crippen LogP contribution in [0.3, 0.4) is 0 Å². The highest BCUT2D eigenvalue weighted by atomic mass is 19.1. The summed E-state index contributed by atoms with van der Waals surface area (Å²) < 4.78 is 13.0. The Kier molecular flexibility index (Phi) is 2.27. The summed E-state index contributed by atoms with van der Waals surface area (Å²) in [5.41, 5.74) is 2.76. The van der Waals surface area contributed by atoms with Crippen molar-refractivity contribution in [1.29, 1.82) is 0 Å². The van der Waals surface area contributed by atoms with Crippen LogP contribution < -0.4 is 0 Å². The minimum atomic E-state index is -0.217. The average molecular weight is 187 g/mol. The predicted molar refractivity (Wildman–Crippen MR) is 54.4 cm³/mol. The Morgan fingerprint density at radius 1 is 1.14 bits per heavy atom. The van der Waals surface area contributed by atoms with Crippen molar-refractivity contribution in [2.45, 2.75) is 6.92 Å². The number of nitrogens with zero attached hydrogens (tertiary/aromatic N) is 1. The van der Waals surface area contributed by atoms with Gasteiger partial charge >= 0.3 is 0 Å². The van der Waals surface area contributed by atoms with Gasteiger partial charge in [-0.1, -0.05) is 18.2 Å². The molecule has 0 radical (unpaired) electrons. The van der Waals surface area contributed by atoms with E-state index in [4.69, 9.17) is 0 Å². The number of halogens is 1. The lowest BCUT2D eigenvalue weighted by Gasteiger charge is -2.03. The fourth-order valence-electron chi connectivity index (χ4n) is 1.45. The number of hydrogen-bond acceptors (Lipinski definition) is 1. The lowest BCUT2D eigenvalue weighted by atomic mass is 10.0. The number of rotatable bonds is 1. The van der Waals surface area contributed by atoms with E-state index in [1.165, 1.54) is 12.1 Å². The molecule has 0 N–H and O–H groups in total. The molecule has 14 heavy (non-hydrogen) atoms. The molecule has 1 heterocycles. The Hall–Kier alpha value is -1.70. The van der Waals surface area contributed by atoms with E-state index < -0.39 is 0 Å². The first-order valence-electron chi connectivity index (χ1n) is 4.45. The molecule has 0 aliphatic heterocycles. The maximum atomic E-state index is 13.0. The number of aryl methyl sites for hydroxylation is 1. The summed E-state index contributed by atoms with van der Waals surface area (Å²) >= 11 is 0. The maximum absolute atomic E-state index is 13.0. The number of aromatic nitrogens is 1. The van der Waals surface area contributed by atoms with Gasteiger partial charge in [0.1, 0.15) is 5.82 Å². The summed E-state index contributed by atoms with van der Waals surface area (Å²) in [6.45, 7) is 1.92. The van der Waals surface area contributed by atoms with E-state index in [0.717, 1.165) is 16.8 Å². The standard InChI is InChI=1S/C12H10FN/c1-9-12(6-3-7-14-9)10-4-2-5-11(13)8-10/h2-8H,1H3. The highest BCUT2D eigenvalue weighted by molar-refractivity contribution is 5.65. The Labute approximate surface area is 82.2 Å². The summed E-state index contributed by atoms with van der Waals surface area (Å²) in [6.07, 6.45) is 1.73. The van der Waals surface area contributed by atoms with Crippen LogP contribution in [0.4, 0.5) is 4.39 Å².